The number of halogens is 3. The molecule has 0 aliphatic carbocycles. The van der Waals surface area contributed by atoms with Crippen LogP contribution in [0.5, 0.6) is 0 Å². The first-order valence-electron chi connectivity index (χ1n) is 5.64. The summed E-state index contributed by atoms with van der Waals surface area (Å²) in [6.07, 6.45) is -4.05. The lowest BCUT2D eigenvalue weighted by Gasteiger charge is -2.17. The van der Waals surface area contributed by atoms with Crippen LogP contribution in [0.1, 0.15) is 12.0 Å². The number of rotatable bonds is 2. The van der Waals surface area contributed by atoms with E-state index in [9.17, 15) is 21.6 Å². The van der Waals surface area contributed by atoms with E-state index in [2.05, 4.69) is 0 Å². The van der Waals surface area contributed by atoms with Crippen molar-refractivity contribution in [2.45, 2.75) is 23.5 Å². The minimum absolute atomic E-state index is 0.137. The summed E-state index contributed by atoms with van der Waals surface area (Å²) in [5, 5.41) is 0. The molecule has 0 aromatic heterocycles. The summed E-state index contributed by atoms with van der Waals surface area (Å²) in [5.74, 6) is 0. The summed E-state index contributed by atoms with van der Waals surface area (Å²) in [4.78, 5) is -0.351. The molecule has 19 heavy (non-hydrogen) atoms. The van der Waals surface area contributed by atoms with Crippen molar-refractivity contribution in [2.75, 3.05) is 13.1 Å². The molecule has 0 unspecified atom stereocenters. The standard InChI is InChI=1S/C11H13F3N2O2S/c12-11(13,14)8-2-1-3-10(6-8)19(17,18)16-5-4-9(15)7-16/h1-3,6,9H,4-5,7,15H2/t9-/m0/s1. The van der Waals surface area contributed by atoms with Gasteiger partial charge in [0.15, 0.2) is 0 Å². The Morgan fingerprint density at radius 2 is 2.00 bits per heavy atom. The van der Waals surface area contributed by atoms with Gasteiger partial charge in [-0.15, -0.1) is 0 Å². The zero-order chi connectivity index (χ0) is 14.3. The molecule has 1 aliphatic rings. The molecule has 0 radical (unpaired) electrons. The van der Waals surface area contributed by atoms with Gasteiger partial charge in [-0.2, -0.15) is 17.5 Å². The molecular weight excluding hydrogens is 281 g/mol. The van der Waals surface area contributed by atoms with Crippen molar-refractivity contribution in [1.82, 2.24) is 4.31 Å². The molecule has 2 rings (SSSR count). The summed E-state index contributed by atoms with van der Waals surface area (Å²) >= 11 is 0. The second-order valence-corrected chi connectivity index (χ2v) is 6.38. The van der Waals surface area contributed by atoms with Crippen LogP contribution in [0.3, 0.4) is 0 Å². The maximum absolute atomic E-state index is 12.6. The number of alkyl halides is 3. The van der Waals surface area contributed by atoms with Crippen molar-refractivity contribution in [2.24, 2.45) is 5.73 Å². The van der Waals surface area contributed by atoms with Gasteiger partial charge in [-0.1, -0.05) is 6.07 Å². The van der Waals surface area contributed by atoms with E-state index in [1.165, 1.54) is 0 Å². The molecule has 0 bridgehead atoms. The third-order valence-corrected chi connectivity index (χ3v) is 4.85. The van der Waals surface area contributed by atoms with Gasteiger partial charge in [0.1, 0.15) is 0 Å². The number of hydrogen-bond acceptors (Lipinski definition) is 3. The van der Waals surface area contributed by atoms with Gasteiger partial charge in [-0.25, -0.2) is 8.42 Å². The van der Waals surface area contributed by atoms with Crippen LogP contribution in [0.15, 0.2) is 29.2 Å². The van der Waals surface area contributed by atoms with E-state index >= 15 is 0 Å². The van der Waals surface area contributed by atoms with Gasteiger partial charge in [0, 0.05) is 19.1 Å². The van der Waals surface area contributed by atoms with Crippen LogP contribution in [0, 0.1) is 0 Å². The molecule has 1 atom stereocenters. The molecule has 1 heterocycles. The quantitative estimate of drug-likeness (QED) is 0.897. The molecule has 2 N–H and O–H groups in total. The zero-order valence-electron chi connectivity index (χ0n) is 9.89. The first-order chi connectivity index (χ1) is 8.71. The Kier molecular flexibility index (Phi) is 3.59. The van der Waals surface area contributed by atoms with Crippen LogP contribution in [-0.2, 0) is 16.2 Å². The average molecular weight is 294 g/mol. The zero-order valence-corrected chi connectivity index (χ0v) is 10.7. The molecule has 0 saturated carbocycles. The minimum atomic E-state index is -4.56. The van der Waals surface area contributed by atoms with Crippen LogP contribution >= 0.6 is 0 Å². The Balaban J connectivity index is 2.36. The van der Waals surface area contributed by atoms with E-state index in [1.54, 1.807) is 0 Å². The number of benzene rings is 1. The van der Waals surface area contributed by atoms with Crippen LogP contribution in [-0.4, -0.2) is 31.9 Å². The Morgan fingerprint density at radius 3 is 2.53 bits per heavy atom. The van der Waals surface area contributed by atoms with Gasteiger partial charge in [0.05, 0.1) is 10.5 Å². The fourth-order valence-corrected chi connectivity index (χ4v) is 3.51. The summed E-state index contributed by atoms with van der Waals surface area (Å²) in [6, 6.07) is 3.48. The molecule has 1 aromatic rings. The summed E-state index contributed by atoms with van der Waals surface area (Å²) < 4.78 is 63.1. The number of nitrogens with two attached hydrogens (primary N) is 1. The van der Waals surface area contributed by atoms with Gasteiger partial charge in [0.2, 0.25) is 10.0 Å². The fraction of sp³-hybridized carbons (Fsp3) is 0.455. The Morgan fingerprint density at radius 1 is 1.32 bits per heavy atom. The third-order valence-electron chi connectivity index (χ3n) is 2.99. The maximum Gasteiger partial charge on any atom is 0.416 e. The van der Waals surface area contributed by atoms with E-state index in [0.717, 1.165) is 22.5 Å². The highest BCUT2D eigenvalue weighted by Gasteiger charge is 2.34. The molecule has 4 nitrogen and oxygen atoms in total. The summed E-state index contributed by atoms with van der Waals surface area (Å²) in [7, 11) is -3.90. The van der Waals surface area contributed by atoms with Crippen molar-refractivity contribution in [1.29, 1.82) is 0 Å². The lowest BCUT2D eigenvalue weighted by atomic mass is 10.2. The number of nitrogens with zero attached hydrogens (tertiary/aromatic N) is 1. The van der Waals surface area contributed by atoms with E-state index in [4.69, 9.17) is 5.73 Å². The topological polar surface area (TPSA) is 63.4 Å². The van der Waals surface area contributed by atoms with Crippen molar-refractivity contribution < 1.29 is 21.6 Å². The maximum atomic E-state index is 12.6. The summed E-state index contributed by atoms with van der Waals surface area (Å²) in [6.45, 7) is 0.373. The largest absolute Gasteiger partial charge is 0.416 e. The van der Waals surface area contributed by atoms with Crippen molar-refractivity contribution in [3.8, 4) is 0 Å². The van der Waals surface area contributed by atoms with E-state index in [0.29, 0.717) is 12.5 Å². The normalized spacial score (nSPS) is 21.8. The smallest absolute Gasteiger partial charge is 0.326 e. The first kappa shape index (κ1) is 14.3. The van der Waals surface area contributed by atoms with Gasteiger partial charge in [-0.05, 0) is 24.6 Å². The average Bonchev–Trinajstić information content (AvgIpc) is 2.76. The van der Waals surface area contributed by atoms with Crippen molar-refractivity contribution in [3.05, 3.63) is 29.8 Å². The molecule has 0 amide bonds. The second kappa shape index (κ2) is 4.77. The van der Waals surface area contributed by atoms with Crippen LogP contribution < -0.4 is 5.73 Å². The predicted octanol–water partition coefficient (Wildman–Crippen LogP) is 1.43. The predicted molar refractivity (Wildman–Crippen MR) is 62.8 cm³/mol. The molecule has 106 valence electrons. The Bertz CT molecular complexity index is 572. The lowest BCUT2D eigenvalue weighted by Crippen LogP contribution is -2.32. The fourth-order valence-electron chi connectivity index (χ4n) is 1.95. The second-order valence-electron chi connectivity index (χ2n) is 4.44. The highest BCUT2D eigenvalue weighted by molar-refractivity contribution is 7.89. The van der Waals surface area contributed by atoms with E-state index in [-0.39, 0.29) is 24.0 Å². The molecule has 1 fully saturated rings. The van der Waals surface area contributed by atoms with Gasteiger partial charge >= 0.3 is 6.18 Å². The number of sulfonamides is 1. The van der Waals surface area contributed by atoms with Crippen LogP contribution in [0.4, 0.5) is 13.2 Å². The minimum Gasteiger partial charge on any atom is -0.326 e. The van der Waals surface area contributed by atoms with Crippen LogP contribution in [0.25, 0.3) is 0 Å². The molecule has 1 aliphatic heterocycles. The van der Waals surface area contributed by atoms with Gasteiger partial charge < -0.3 is 5.73 Å². The monoisotopic (exact) mass is 294 g/mol. The SMILES string of the molecule is N[C@H]1CCN(S(=O)(=O)c2cccc(C(F)(F)F)c2)C1. The van der Waals surface area contributed by atoms with Gasteiger partial charge in [-0.3, -0.25) is 0 Å². The first-order valence-corrected chi connectivity index (χ1v) is 7.08. The highest BCUT2D eigenvalue weighted by Crippen LogP contribution is 2.31. The van der Waals surface area contributed by atoms with Gasteiger partial charge in [0.25, 0.3) is 0 Å². The molecular formula is C11H13F3N2O2S. The summed E-state index contributed by atoms with van der Waals surface area (Å²) in [5.41, 5.74) is 4.64. The van der Waals surface area contributed by atoms with Crippen molar-refractivity contribution in [3.63, 3.8) is 0 Å². The number of hydrogen-bond donors (Lipinski definition) is 1. The lowest BCUT2D eigenvalue weighted by molar-refractivity contribution is -0.137. The van der Waals surface area contributed by atoms with E-state index in [1.807, 2.05) is 0 Å². The molecule has 1 aromatic carbocycles. The third kappa shape index (κ3) is 2.90. The Labute approximate surface area is 109 Å². The molecule has 0 spiro atoms. The molecule has 1 saturated heterocycles. The molecule has 8 heteroatoms. The Hall–Kier alpha value is -1.12. The van der Waals surface area contributed by atoms with E-state index < -0.39 is 21.8 Å². The highest BCUT2D eigenvalue weighted by atomic mass is 32.2. The van der Waals surface area contributed by atoms with Crippen LogP contribution in [0.2, 0.25) is 0 Å². The van der Waals surface area contributed by atoms with Crippen molar-refractivity contribution >= 4 is 10.0 Å².